The summed E-state index contributed by atoms with van der Waals surface area (Å²) >= 11 is 0. The van der Waals surface area contributed by atoms with Crippen LogP contribution in [-0.2, 0) is 0 Å². The van der Waals surface area contributed by atoms with E-state index in [0.29, 0.717) is 23.2 Å². The van der Waals surface area contributed by atoms with Gasteiger partial charge in [0, 0.05) is 50.6 Å². The van der Waals surface area contributed by atoms with Crippen molar-refractivity contribution in [1.82, 2.24) is 34.9 Å². The van der Waals surface area contributed by atoms with Gasteiger partial charge in [-0.25, -0.2) is 24.9 Å². The summed E-state index contributed by atoms with van der Waals surface area (Å²) in [6.45, 7) is 0. The molecule has 5 heterocycles. The lowest BCUT2D eigenvalue weighted by Crippen LogP contribution is -2.01. The van der Waals surface area contributed by atoms with Crippen molar-refractivity contribution in [3.8, 4) is 67.8 Å². The fourth-order valence-electron chi connectivity index (χ4n) is 7.64. The van der Waals surface area contributed by atoms with E-state index in [-0.39, 0.29) is 0 Å². The third-order valence-electron chi connectivity index (χ3n) is 10.6. The molecule has 58 heavy (non-hydrogen) atoms. The van der Waals surface area contributed by atoms with Gasteiger partial charge in [0.05, 0.1) is 27.8 Å². The summed E-state index contributed by atoms with van der Waals surface area (Å²) in [5.74, 6) is 1.73. The van der Waals surface area contributed by atoms with E-state index in [1.165, 1.54) is 0 Å². The predicted octanol–water partition coefficient (Wildman–Crippen LogP) is 12.1. The number of rotatable bonds is 6. The molecule has 0 aliphatic rings. The maximum absolute atomic E-state index is 5.15. The van der Waals surface area contributed by atoms with Gasteiger partial charge in [0.2, 0.25) is 0 Å². The van der Waals surface area contributed by atoms with E-state index in [9.17, 15) is 0 Å². The molecule has 270 valence electrons. The average molecular weight is 742 g/mol. The van der Waals surface area contributed by atoms with Gasteiger partial charge in [-0.2, -0.15) is 0 Å². The van der Waals surface area contributed by atoms with Gasteiger partial charge in [0.25, 0.3) is 0 Å². The lowest BCUT2D eigenvalue weighted by Gasteiger charge is -2.11. The van der Waals surface area contributed by atoms with Crippen molar-refractivity contribution in [1.29, 1.82) is 0 Å². The molecule has 5 aromatic heterocycles. The molecule has 6 aromatic carbocycles. The second-order valence-corrected chi connectivity index (χ2v) is 14.2. The first-order valence-electron chi connectivity index (χ1n) is 19.1. The van der Waals surface area contributed by atoms with Crippen molar-refractivity contribution in [2.75, 3.05) is 0 Å². The Kier molecular flexibility index (Phi) is 8.00. The highest BCUT2D eigenvalue weighted by Crippen LogP contribution is 2.35. The molecule has 0 N–H and O–H groups in total. The van der Waals surface area contributed by atoms with Crippen molar-refractivity contribution in [3.63, 3.8) is 0 Å². The summed E-state index contributed by atoms with van der Waals surface area (Å²) in [6.07, 6.45) is 3.65. The summed E-state index contributed by atoms with van der Waals surface area (Å²) in [5, 5.41) is 4.26. The summed E-state index contributed by atoms with van der Waals surface area (Å²) in [5.41, 5.74) is 12.4. The quantitative estimate of drug-likeness (QED) is 0.157. The van der Waals surface area contributed by atoms with Crippen molar-refractivity contribution < 1.29 is 0 Å². The Morgan fingerprint density at radius 2 is 0.810 bits per heavy atom. The molecule has 11 rings (SSSR count). The lowest BCUT2D eigenvalue weighted by molar-refractivity contribution is 1.06. The normalized spacial score (nSPS) is 11.4. The zero-order valence-corrected chi connectivity index (χ0v) is 31.0. The summed E-state index contributed by atoms with van der Waals surface area (Å²) in [7, 11) is 0. The number of aromatic nitrogens is 7. The molecule has 0 unspecified atom stereocenters. The Balaban J connectivity index is 0.930. The SMILES string of the molecule is c1ccc(-c2nc(-c3ccccc3)nc(-c3ccc4ccc(-c5ccc6ccc(-c7ccc(-c8cc9cccnc9c9ncccc89)cc7)nc6c5)cc4n3)n2)cc1. The smallest absolute Gasteiger partial charge is 0.182 e. The molecule has 0 radical (unpaired) electrons. The molecule has 0 spiro atoms. The first-order chi connectivity index (χ1) is 28.7. The van der Waals surface area contributed by atoms with Crippen LogP contribution in [0.3, 0.4) is 0 Å². The van der Waals surface area contributed by atoms with E-state index in [0.717, 1.165) is 88.2 Å². The summed E-state index contributed by atoms with van der Waals surface area (Å²) < 4.78 is 0. The molecule has 11 aromatic rings. The largest absolute Gasteiger partial charge is 0.254 e. The zero-order valence-electron chi connectivity index (χ0n) is 31.0. The molecule has 7 heteroatoms. The van der Waals surface area contributed by atoms with Gasteiger partial charge >= 0.3 is 0 Å². The van der Waals surface area contributed by atoms with Crippen LogP contribution in [0, 0.1) is 0 Å². The Labute approximate surface area is 333 Å². The van der Waals surface area contributed by atoms with Gasteiger partial charge < -0.3 is 0 Å². The van der Waals surface area contributed by atoms with E-state index in [4.69, 9.17) is 29.9 Å². The van der Waals surface area contributed by atoms with Crippen molar-refractivity contribution in [2.45, 2.75) is 0 Å². The first-order valence-corrected chi connectivity index (χ1v) is 19.1. The van der Waals surface area contributed by atoms with Crippen LogP contribution in [0.2, 0.25) is 0 Å². The molecular weight excluding hydrogens is 711 g/mol. The minimum Gasteiger partial charge on any atom is -0.254 e. The topological polar surface area (TPSA) is 90.2 Å². The van der Waals surface area contributed by atoms with Crippen LogP contribution < -0.4 is 0 Å². The Morgan fingerprint density at radius 3 is 1.47 bits per heavy atom. The van der Waals surface area contributed by atoms with Gasteiger partial charge in [0.1, 0.15) is 5.69 Å². The van der Waals surface area contributed by atoms with Crippen LogP contribution in [0.5, 0.6) is 0 Å². The monoisotopic (exact) mass is 741 g/mol. The zero-order chi connectivity index (χ0) is 38.4. The third-order valence-corrected chi connectivity index (χ3v) is 10.6. The van der Waals surface area contributed by atoms with Gasteiger partial charge in [-0.05, 0) is 64.7 Å². The van der Waals surface area contributed by atoms with E-state index < -0.39 is 0 Å². The highest BCUT2D eigenvalue weighted by atomic mass is 15.0. The van der Waals surface area contributed by atoms with Gasteiger partial charge in [-0.1, -0.05) is 133 Å². The predicted molar refractivity (Wildman–Crippen MR) is 234 cm³/mol. The summed E-state index contributed by atoms with van der Waals surface area (Å²) in [6, 6.07) is 60.1. The molecule has 0 fully saturated rings. The van der Waals surface area contributed by atoms with Crippen LogP contribution in [0.25, 0.3) is 111 Å². The van der Waals surface area contributed by atoms with Crippen LogP contribution in [0.15, 0.2) is 188 Å². The molecule has 0 saturated carbocycles. The number of nitrogens with zero attached hydrogens (tertiary/aromatic N) is 7. The second-order valence-electron chi connectivity index (χ2n) is 14.2. The van der Waals surface area contributed by atoms with Crippen molar-refractivity contribution in [3.05, 3.63) is 188 Å². The molecular formula is C51H31N7. The number of pyridine rings is 4. The van der Waals surface area contributed by atoms with Gasteiger partial charge in [-0.3, -0.25) is 9.97 Å². The maximum Gasteiger partial charge on any atom is 0.182 e. The average Bonchev–Trinajstić information content (AvgIpc) is 3.31. The fraction of sp³-hybridized carbons (Fsp3) is 0. The number of hydrogen-bond donors (Lipinski definition) is 0. The summed E-state index contributed by atoms with van der Waals surface area (Å²) in [4.78, 5) is 34.2. The minimum absolute atomic E-state index is 0.524. The second kappa shape index (κ2) is 13.9. The molecule has 0 amide bonds. The van der Waals surface area contributed by atoms with Gasteiger partial charge in [0.15, 0.2) is 17.5 Å². The van der Waals surface area contributed by atoms with Crippen LogP contribution >= 0.6 is 0 Å². The van der Waals surface area contributed by atoms with E-state index in [1.54, 1.807) is 0 Å². The van der Waals surface area contributed by atoms with Gasteiger partial charge in [-0.15, -0.1) is 0 Å². The van der Waals surface area contributed by atoms with Crippen LogP contribution in [-0.4, -0.2) is 34.9 Å². The Bertz CT molecular complexity index is 3270. The Morgan fingerprint density at radius 1 is 0.293 bits per heavy atom. The standard InChI is InChI=1S/C51H31N7/c1-3-9-36(10-4-1)49-56-50(37-11-5-2-6-12-37)58-51(57-49)44-26-24-35-20-22-39(31-46(35)55-44)38-21-19-34-23-25-43(54-45(34)30-38)33-17-15-32(16-18-33)42-29-40-13-7-27-52-47(40)48-41(42)14-8-28-53-48/h1-31H. The molecule has 0 atom stereocenters. The molecule has 7 nitrogen and oxygen atoms in total. The van der Waals surface area contributed by atoms with E-state index in [1.807, 2.05) is 91.3 Å². The van der Waals surface area contributed by atoms with Crippen LogP contribution in [0.1, 0.15) is 0 Å². The number of fused-ring (bicyclic) bond motifs is 5. The van der Waals surface area contributed by atoms with Crippen LogP contribution in [0.4, 0.5) is 0 Å². The lowest BCUT2D eigenvalue weighted by atomic mass is 9.96. The van der Waals surface area contributed by atoms with E-state index in [2.05, 4.69) is 102 Å². The molecule has 0 saturated heterocycles. The van der Waals surface area contributed by atoms with Crippen molar-refractivity contribution in [2.24, 2.45) is 0 Å². The first kappa shape index (κ1) is 33.3. The molecule has 0 aliphatic carbocycles. The molecule has 0 aliphatic heterocycles. The Hall–Kier alpha value is -8.03. The van der Waals surface area contributed by atoms with Crippen molar-refractivity contribution >= 4 is 43.6 Å². The highest BCUT2D eigenvalue weighted by molar-refractivity contribution is 6.10. The molecule has 0 bridgehead atoms. The third kappa shape index (κ3) is 6.08. The maximum atomic E-state index is 5.15. The fourth-order valence-corrected chi connectivity index (χ4v) is 7.64. The van der Waals surface area contributed by atoms with E-state index >= 15 is 0 Å². The number of hydrogen-bond acceptors (Lipinski definition) is 7. The number of benzene rings is 6. The highest BCUT2D eigenvalue weighted by Gasteiger charge is 2.15. The minimum atomic E-state index is 0.524.